The second kappa shape index (κ2) is 3.59. The molecule has 2 rings (SSSR count). The van der Waals surface area contributed by atoms with Crippen LogP contribution in [0.4, 0.5) is 0 Å². The number of aromatic nitrogens is 2. The van der Waals surface area contributed by atoms with Crippen LogP contribution in [0.5, 0.6) is 0 Å². The Morgan fingerprint density at radius 2 is 2.12 bits per heavy atom. The molecule has 1 aliphatic carbocycles. The molecule has 0 aromatic carbocycles. The Morgan fingerprint density at radius 1 is 1.50 bits per heavy atom. The average Bonchev–Trinajstić information content (AvgIpc) is 2.61. The molecule has 1 fully saturated rings. The molecule has 1 atom stereocenters. The SMILES string of the molecule is CC(C)(C)NCc1cncn1C1CC1(C)C. The van der Waals surface area contributed by atoms with E-state index in [9.17, 15) is 0 Å². The van der Waals surface area contributed by atoms with E-state index in [0.717, 1.165) is 6.54 Å². The zero-order valence-corrected chi connectivity index (χ0v) is 11.0. The number of hydrogen-bond donors (Lipinski definition) is 1. The first-order chi connectivity index (χ1) is 7.30. The highest BCUT2D eigenvalue weighted by Gasteiger charge is 2.47. The highest BCUT2D eigenvalue weighted by atomic mass is 15.1. The number of rotatable bonds is 3. The number of nitrogens with one attached hydrogen (secondary N) is 1. The second-order valence-electron chi connectivity index (χ2n) is 6.60. The third kappa shape index (κ3) is 2.46. The molecule has 90 valence electrons. The van der Waals surface area contributed by atoms with Gasteiger partial charge in [0.2, 0.25) is 0 Å². The maximum absolute atomic E-state index is 4.27. The van der Waals surface area contributed by atoms with Crippen molar-refractivity contribution in [2.24, 2.45) is 5.41 Å². The summed E-state index contributed by atoms with van der Waals surface area (Å²) in [6.45, 7) is 12.1. The molecular formula is C13H23N3. The van der Waals surface area contributed by atoms with Crippen LogP contribution >= 0.6 is 0 Å². The molecule has 0 saturated heterocycles. The Kier molecular flexibility index (Phi) is 2.61. The van der Waals surface area contributed by atoms with Crippen LogP contribution < -0.4 is 5.32 Å². The Morgan fingerprint density at radius 3 is 2.62 bits per heavy atom. The molecule has 1 heterocycles. The maximum atomic E-state index is 4.27. The Hall–Kier alpha value is -0.830. The molecule has 0 amide bonds. The van der Waals surface area contributed by atoms with Crippen molar-refractivity contribution in [3.63, 3.8) is 0 Å². The Bertz CT molecular complexity index is 371. The summed E-state index contributed by atoms with van der Waals surface area (Å²) in [5, 5.41) is 3.51. The number of imidazole rings is 1. The smallest absolute Gasteiger partial charge is 0.0951 e. The van der Waals surface area contributed by atoms with E-state index >= 15 is 0 Å². The minimum atomic E-state index is 0.161. The van der Waals surface area contributed by atoms with Crippen molar-refractivity contribution in [3.05, 3.63) is 18.2 Å². The van der Waals surface area contributed by atoms with Gasteiger partial charge in [-0.25, -0.2) is 4.98 Å². The van der Waals surface area contributed by atoms with E-state index in [4.69, 9.17) is 0 Å². The molecule has 0 aliphatic heterocycles. The normalized spacial score (nSPS) is 23.4. The van der Waals surface area contributed by atoms with Gasteiger partial charge < -0.3 is 9.88 Å². The molecule has 1 aromatic rings. The van der Waals surface area contributed by atoms with Gasteiger partial charge in [0, 0.05) is 24.3 Å². The molecule has 1 N–H and O–H groups in total. The Labute approximate surface area is 98.3 Å². The van der Waals surface area contributed by atoms with Crippen molar-refractivity contribution in [2.75, 3.05) is 0 Å². The zero-order valence-electron chi connectivity index (χ0n) is 11.0. The molecule has 1 aliphatic rings. The highest BCUT2D eigenvalue weighted by molar-refractivity contribution is 5.09. The maximum Gasteiger partial charge on any atom is 0.0951 e. The van der Waals surface area contributed by atoms with Crippen LogP contribution in [0.25, 0.3) is 0 Å². The Balaban J connectivity index is 2.04. The van der Waals surface area contributed by atoms with Gasteiger partial charge in [-0.05, 0) is 32.6 Å². The van der Waals surface area contributed by atoms with Crippen LogP contribution in [-0.2, 0) is 6.54 Å². The standard InChI is InChI=1S/C13H23N3/c1-12(2,3)15-8-10-7-14-9-16(10)11-6-13(11,4)5/h7,9,11,15H,6,8H2,1-5H3. The second-order valence-corrected chi connectivity index (χ2v) is 6.60. The predicted octanol–water partition coefficient (Wildman–Crippen LogP) is 2.74. The van der Waals surface area contributed by atoms with Crippen molar-refractivity contribution >= 4 is 0 Å². The van der Waals surface area contributed by atoms with Gasteiger partial charge in [0.1, 0.15) is 0 Å². The van der Waals surface area contributed by atoms with E-state index in [1.165, 1.54) is 12.1 Å². The fraction of sp³-hybridized carbons (Fsp3) is 0.769. The lowest BCUT2D eigenvalue weighted by Gasteiger charge is -2.21. The summed E-state index contributed by atoms with van der Waals surface area (Å²) in [6, 6.07) is 0.645. The summed E-state index contributed by atoms with van der Waals surface area (Å²) in [6.07, 6.45) is 5.22. The van der Waals surface area contributed by atoms with Gasteiger partial charge in [-0.2, -0.15) is 0 Å². The van der Waals surface area contributed by atoms with Crippen LogP contribution in [0.3, 0.4) is 0 Å². The molecule has 1 unspecified atom stereocenters. The number of hydrogen-bond acceptors (Lipinski definition) is 2. The van der Waals surface area contributed by atoms with E-state index in [1.54, 1.807) is 0 Å². The van der Waals surface area contributed by atoms with Crippen molar-refractivity contribution in [3.8, 4) is 0 Å². The van der Waals surface area contributed by atoms with Crippen molar-refractivity contribution in [1.29, 1.82) is 0 Å². The predicted molar refractivity (Wildman–Crippen MR) is 66.3 cm³/mol. The topological polar surface area (TPSA) is 29.9 Å². The van der Waals surface area contributed by atoms with Gasteiger partial charge in [0.15, 0.2) is 0 Å². The molecule has 16 heavy (non-hydrogen) atoms. The first-order valence-electron chi connectivity index (χ1n) is 6.05. The van der Waals surface area contributed by atoms with Crippen LogP contribution in [0, 0.1) is 5.41 Å². The van der Waals surface area contributed by atoms with Crippen molar-refractivity contribution < 1.29 is 0 Å². The lowest BCUT2D eigenvalue weighted by atomic mass is 10.1. The molecule has 0 spiro atoms. The van der Waals surface area contributed by atoms with Gasteiger partial charge >= 0.3 is 0 Å². The van der Waals surface area contributed by atoms with Crippen LogP contribution in [0.1, 0.15) is 52.8 Å². The fourth-order valence-electron chi connectivity index (χ4n) is 2.02. The summed E-state index contributed by atoms with van der Waals surface area (Å²) in [7, 11) is 0. The average molecular weight is 221 g/mol. The molecule has 0 radical (unpaired) electrons. The molecule has 1 aromatic heterocycles. The van der Waals surface area contributed by atoms with Crippen molar-refractivity contribution in [1.82, 2.24) is 14.9 Å². The lowest BCUT2D eigenvalue weighted by molar-refractivity contribution is 0.412. The van der Waals surface area contributed by atoms with Gasteiger partial charge in [-0.15, -0.1) is 0 Å². The highest BCUT2D eigenvalue weighted by Crippen LogP contribution is 2.55. The van der Waals surface area contributed by atoms with Crippen LogP contribution in [-0.4, -0.2) is 15.1 Å². The summed E-state index contributed by atoms with van der Waals surface area (Å²) < 4.78 is 2.33. The summed E-state index contributed by atoms with van der Waals surface area (Å²) >= 11 is 0. The van der Waals surface area contributed by atoms with E-state index in [0.29, 0.717) is 11.5 Å². The third-order valence-corrected chi connectivity index (χ3v) is 3.34. The largest absolute Gasteiger partial charge is 0.330 e. The van der Waals surface area contributed by atoms with Gasteiger partial charge in [-0.3, -0.25) is 0 Å². The van der Waals surface area contributed by atoms with Gasteiger partial charge in [0.05, 0.1) is 12.0 Å². The van der Waals surface area contributed by atoms with Crippen LogP contribution in [0.15, 0.2) is 12.5 Å². The minimum absolute atomic E-state index is 0.161. The molecular weight excluding hydrogens is 198 g/mol. The lowest BCUT2D eigenvalue weighted by Crippen LogP contribution is -2.35. The number of nitrogens with zero attached hydrogens (tertiary/aromatic N) is 2. The molecule has 3 heteroatoms. The molecule has 3 nitrogen and oxygen atoms in total. The molecule has 0 bridgehead atoms. The van der Waals surface area contributed by atoms with Crippen LogP contribution in [0.2, 0.25) is 0 Å². The van der Waals surface area contributed by atoms with E-state index in [1.807, 2.05) is 12.5 Å². The summed E-state index contributed by atoms with van der Waals surface area (Å²) in [5.41, 5.74) is 1.91. The van der Waals surface area contributed by atoms with E-state index in [-0.39, 0.29) is 5.54 Å². The van der Waals surface area contributed by atoms with Gasteiger partial charge in [-0.1, -0.05) is 13.8 Å². The van der Waals surface area contributed by atoms with E-state index < -0.39 is 0 Å². The first-order valence-corrected chi connectivity index (χ1v) is 6.05. The summed E-state index contributed by atoms with van der Waals surface area (Å²) in [5.74, 6) is 0. The molecule has 1 saturated carbocycles. The van der Waals surface area contributed by atoms with Gasteiger partial charge in [0.25, 0.3) is 0 Å². The minimum Gasteiger partial charge on any atom is -0.330 e. The summed E-state index contributed by atoms with van der Waals surface area (Å²) in [4.78, 5) is 4.27. The van der Waals surface area contributed by atoms with E-state index in [2.05, 4.69) is 49.5 Å². The fourth-order valence-corrected chi connectivity index (χ4v) is 2.02. The zero-order chi connectivity index (χ0) is 12.0. The third-order valence-electron chi connectivity index (χ3n) is 3.34. The monoisotopic (exact) mass is 221 g/mol. The van der Waals surface area contributed by atoms with Crippen molar-refractivity contribution in [2.45, 2.75) is 59.2 Å². The first kappa shape index (κ1) is 11.6. The quantitative estimate of drug-likeness (QED) is 0.850.